The molecular formula is C20H26N6O2. The largest absolute Gasteiger partial charge is 0.352 e. The number of rotatable bonds is 6. The highest BCUT2D eigenvalue weighted by Gasteiger charge is 2.09. The van der Waals surface area contributed by atoms with E-state index in [1.165, 1.54) is 0 Å². The summed E-state index contributed by atoms with van der Waals surface area (Å²) in [6.45, 7) is 4.73. The van der Waals surface area contributed by atoms with Gasteiger partial charge in [-0.1, -0.05) is 26.0 Å². The Balaban J connectivity index is 0.000000878. The molecule has 0 unspecified atom stereocenters. The number of imidazole rings is 1. The summed E-state index contributed by atoms with van der Waals surface area (Å²) >= 11 is 0. The summed E-state index contributed by atoms with van der Waals surface area (Å²) in [7, 11) is 3.75. The number of aromatic nitrogens is 3. The average Bonchev–Trinajstić information content (AvgIpc) is 3.08. The molecule has 3 N–H and O–H groups in total. The lowest BCUT2D eigenvalue weighted by atomic mass is 10.1. The molecule has 0 aliphatic rings. The Hall–Kier alpha value is -3.26. The predicted octanol–water partition coefficient (Wildman–Crippen LogP) is 2.19. The maximum Gasteiger partial charge on any atom is 0.251 e. The van der Waals surface area contributed by atoms with Crippen molar-refractivity contribution < 1.29 is 9.59 Å². The first-order valence-electron chi connectivity index (χ1n) is 9.02. The van der Waals surface area contributed by atoms with Crippen molar-refractivity contribution in [2.45, 2.75) is 13.8 Å². The predicted molar refractivity (Wildman–Crippen MR) is 110 cm³/mol. The Morgan fingerprint density at radius 2 is 1.96 bits per heavy atom. The molecule has 8 heteroatoms. The molecule has 2 aromatic heterocycles. The summed E-state index contributed by atoms with van der Waals surface area (Å²) in [5.74, 6) is 0.727. The zero-order chi connectivity index (χ0) is 20.5. The molecule has 0 saturated heterocycles. The van der Waals surface area contributed by atoms with Crippen molar-refractivity contribution in [2.24, 2.45) is 5.92 Å². The zero-order valence-corrected chi connectivity index (χ0v) is 16.6. The first-order valence-corrected chi connectivity index (χ1v) is 9.02. The lowest BCUT2D eigenvalue weighted by molar-refractivity contribution is -0.105. The van der Waals surface area contributed by atoms with Gasteiger partial charge >= 0.3 is 0 Å². The van der Waals surface area contributed by atoms with Crippen LogP contribution in [0.15, 0.2) is 42.6 Å². The third-order valence-electron chi connectivity index (χ3n) is 3.62. The Morgan fingerprint density at radius 3 is 2.64 bits per heavy atom. The van der Waals surface area contributed by atoms with Gasteiger partial charge in [-0.3, -0.25) is 9.59 Å². The molecule has 2 amide bonds. The van der Waals surface area contributed by atoms with E-state index in [9.17, 15) is 9.59 Å². The molecule has 0 atom stereocenters. The van der Waals surface area contributed by atoms with Crippen molar-refractivity contribution in [3.8, 4) is 11.3 Å². The van der Waals surface area contributed by atoms with Crippen LogP contribution < -0.4 is 16.0 Å². The normalized spacial score (nSPS) is 10.3. The highest BCUT2D eigenvalue weighted by molar-refractivity contribution is 5.95. The third kappa shape index (κ3) is 5.62. The van der Waals surface area contributed by atoms with E-state index in [1.807, 2.05) is 44.4 Å². The minimum absolute atomic E-state index is 0.100. The van der Waals surface area contributed by atoms with Crippen molar-refractivity contribution in [3.05, 3.63) is 48.2 Å². The topological polar surface area (TPSA) is 100 Å². The number of nitrogens with one attached hydrogen (secondary N) is 3. The molecule has 148 valence electrons. The van der Waals surface area contributed by atoms with E-state index < -0.39 is 0 Å². The van der Waals surface area contributed by atoms with Gasteiger partial charge in [0.15, 0.2) is 11.5 Å². The smallest absolute Gasteiger partial charge is 0.251 e. The van der Waals surface area contributed by atoms with Crippen molar-refractivity contribution in [2.75, 3.05) is 26.0 Å². The lowest BCUT2D eigenvalue weighted by Gasteiger charge is -2.09. The van der Waals surface area contributed by atoms with Gasteiger partial charge in [0.2, 0.25) is 6.41 Å². The maximum atomic E-state index is 12.2. The summed E-state index contributed by atoms with van der Waals surface area (Å²) in [5.41, 5.74) is 2.76. The van der Waals surface area contributed by atoms with Crippen LogP contribution in [-0.4, -0.2) is 47.6 Å². The highest BCUT2D eigenvalue weighted by atomic mass is 16.1. The fourth-order valence-corrected chi connectivity index (χ4v) is 2.38. The number of carbonyl (C=O) groups is 2. The van der Waals surface area contributed by atoms with E-state index >= 15 is 0 Å². The zero-order valence-electron chi connectivity index (χ0n) is 16.6. The SMILES string of the molecule is CC(C)CNC(=O)c1cccc(-c2ccc3nc(NC=O)cn3n2)c1.CNC. The van der Waals surface area contributed by atoms with Crippen molar-refractivity contribution in [1.82, 2.24) is 25.2 Å². The second-order valence-electron chi connectivity index (χ2n) is 6.59. The Labute approximate surface area is 164 Å². The summed E-state index contributed by atoms with van der Waals surface area (Å²) in [4.78, 5) is 27.0. The molecule has 3 rings (SSSR count). The van der Waals surface area contributed by atoms with Crippen LogP contribution >= 0.6 is 0 Å². The summed E-state index contributed by atoms with van der Waals surface area (Å²) in [6.07, 6.45) is 2.20. The van der Waals surface area contributed by atoms with Gasteiger partial charge in [0.1, 0.15) is 0 Å². The molecule has 8 nitrogen and oxygen atoms in total. The van der Waals surface area contributed by atoms with Crippen LogP contribution in [0.2, 0.25) is 0 Å². The van der Waals surface area contributed by atoms with Gasteiger partial charge in [-0.05, 0) is 44.3 Å². The number of nitrogens with zero attached hydrogens (tertiary/aromatic N) is 3. The van der Waals surface area contributed by atoms with Crippen LogP contribution in [0.5, 0.6) is 0 Å². The van der Waals surface area contributed by atoms with Crippen molar-refractivity contribution >= 4 is 23.8 Å². The number of amides is 2. The van der Waals surface area contributed by atoms with Gasteiger partial charge in [0.25, 0.3) is 5.91 Å². The molecule has 0 aliphatic carbocycles. The minimum Gasteiger partial charge on any atom is -0.352 e. The minimum atomic E-state index is -0.100. The highest BCUT2D eigenvalue weighted by Crippen LogP contribution is 2.19. The van der Waals surface area contributed by atoms with Crippen molar-refractivity contribution in [1.29, 1.82) is 0 Å². The van der Waals surface area contributed by atoms with Gasteiger partial charge in [-0.15, -0.1) is 0 Å². The Morgan fingerprint density at radius 1 is 1.21 bits per heavy atom. The van der Waals surface area contributed by atoms with E-state index in [1.54, 1.807) is 16.8 Å². The second kappa shape index (κ2) is 10.2. The monoisotopic (exact) mass is 382 g/mol. The fraction of sp³-hybridized carbons (Fsp3) is 0.300. The van der Waals surface area contributed by atoms with Crippen molar-refractivity contribution in [3.63, 3.8) is 0 Å². The van der Waals surface area contributed by atoms with Gasteiger partial charge in [0.05, 0.1) is 11.9 Å². The number of anilines is 1. The quantitative estimate of drug-likeness (QED) is 0.568. The Bertz CT molecular complexity index is 935. The van der Waals surface area contributed by atoms with Crippen LogP contribution in [0.4, 0.5) is 5.82 Å². The molecule has 2 heterocycles. The standard InChI is InChI=1S/C18H19N5O2.C2H7N/c1-12(2)9-19-18(25)14-5-3-4-13(8-14)15-6-7-17-21-16(20-11-24)10-23(17)22-15;1-3-2/h3-8,10-12H,9H2,1-2H3,(H,19,25)(H,20,24);3H,1-2H3. The van der Waals surface area contributed by atoms with E-state index in [4.69, 9.17) is 0 Å². The number of hydrogen-bond donors (Lipinski definition) is 3. The molecule has 0 fully saturated rings. The van der Waals surface area contributed by atoms with Crippen LogP contribution in [0.3, 0.4) is 0 Å². The van der Waals surface area contributed by atoms with E-state index in [2.05, 4.69) is 39.9 Å². The maximum absolute atomic E-state index is 12.2. The number of carbonyl (C=O) groups excluding carboxylic acids is 2. The van der Waals surface area contributed by atoms with Gasteiger partial charge in [-0.25, -0.2) is 9.50 Å². The van der Waals surface area contributed by atoms with Crippen LogP contribution in [0.1, 0.15) is 24.2 Å². The van der Waals surface area contributed by atoms with Crippen LogP contribution in [0, 0.1) is 5.92 Å². The molecule has 28 heavy (non-hydrogen) atoms. The molecule has 1 aromatic carbocycles. The molecule has 0 radical (unpaired) electrons. The first-order chi connectivity index (χ1) is 13.5. The number of hydrogen-bond acceptors (Lipinski definition) is 5. The number of fused-ring (bicyclic) bond motifs is 1. The first kappa shape index (κ1) is 21.0. The van der Waals surface area contributed by atoms with Gasteiger partial charge < -0.3 is 16.0 Å². The average molecular weight is 382 g/mol. The summed E-state index contributed by atoms with van der Waals surface area (Å²) in [5, 5.41) is 12.6. The number of benzene rings is 1. The van der Waals surface area contributed by atoms with E-state index in [0.29, 0.717) is 41.6 Å². The molecular weight excluding hydrogens is 356 g/mol. The summed E-state index contributed by atoms with van der Waals surface area (Å²) in [6, 6.07) is 11.0. The van der Waals surface area contributed by atoms with Crippen LogP contribution in [0.25, 0.3) is 16.9 Å². The van der Waals surface area contributed by atoms with Crippen LogP contribution in [-0.2, 0) is 4.79 Å². The molecule has 3 aromatic rings. The lowest BCUT2D eigenvalue weighted by Crippen LogP contribution is -2.27. The van der Waals surface area contributed by atoms with E-state index in [-0.39, 0.29) is 5.91 Å². The third-order valence-corrected chi connectivity index (χ3v) is 3.62. The van der Waals surface area contributed by atoms with E-state index in [0.717, 1.165) is 5.56 Å². The molecule has 0 spiro atoms. The summed E-state index contributed by atoms with van der Waals surface area (Å²) < 4.78 is 1.59. The fourth-order valence-electron chi connectivity index (χ4n) is 2.38. The molecule has 0 saturated carbocycles. The van der Waals surface area contributed by atoms with Gasteiger partial charge in [0, 0.05) is 17.7 Å². The molecule has 0 aliphatic heterocycles. The Kier molecular flexibility index (Phi) is 7.65. The second-order valence-corrected chi connectivity index (χ2v) is 6.59. The van der Waals surface area contributed by atoms with Gasteiger partial charge in [-0.2, -0.15) is 5.10 Å². The molecule has 0 bridgehead atoms.